The van der Waals surface area contributed by atoms with Gasteiger partial charge in [0.05, 0.1) is 0 Å². The molecule has 0 aromatic carbocycles. The molecule has 0 saturated heterocycles. The second-order valence-corrected chi connectivity index (χ2v) is 9.47. The molecular formula is C29H58. The summed E-state index contributed by atoms with van der Waals surface area (Å²) < 4.78 is 0. The minimum Gasteiger partial charge on any atom is -0.0885 e. The molecule has 0 aliphatic carbocycles. The van der Waals surface area contributed by atoms with Gasteiger partial charge in [0.2, 0.25) is 0 Å². The molecule has 0 heterocycles. The Morgan fingerprint density at radius 1 is 0.276 bits per heavy atom. The van der Waals surface area contributed by atoms with Gasteiger partial charge >= 0.3 is 0 Å². The van der Waals surface area contributed by atoms with Gasteiger partial charge in [0.25, 0.3) is 0 Å². The van der Waals surface area contributed by atoms with Crippen LogP contribution in [-0.4, -0.2) is 0 Å². The maximum absolute atomic E-state index is 2.45. The molecule has 0 spiro atoms. The van der Waals surface area contributed by atoms with Crippen molar-refractivity contribution in [2.24, 2.45) is 0 Å². The van der Waals surface area contributed by atoms with Crippen LogP contribution in [-0.2, 0) is 0 Å². The van der Waals surface area contributed by atoms with Crippen LogP contribution in [0.25, 0.3) is 0 Å². The molecule has 174 valence electrons. The van der Waals surface area contributed by atoms with Crippen molar-refractivity contribution in [3.8, 4) is 0 Å². The third kappa shape index (κ3) is 27.7. The van der Waals surface area contributed by atoms with Gasteiger partial charge in [-0.25, -0.2) is 0 Å². The Labute approximate surface area is 186 Å². The molecule has 0 heteroatoms. The van der Waals surface area contributed by atoms with E-state index < -0.39 is 0 Å². The minimum absolute atomic E-state index is 1.31. The van der Waals surface area contributed by atoms with Gasteiger partial charge < -0.3 is 0 Å². The SMILES string of the molecule is CCCCCCCCCCCC=CCCCCCCCCCCCCCCCC. The summed E-state index contributed by atoms with van der Waals surface area (Å²) in [7, 11) is 0. The number of unbranched alkanes of at least 4 members (excludes halogenated alkanes) is 23. The van der Waals surface area contributed by atoms with Crippen LogP contribution in [0.15, 0.2) is 12.2 Å². The lowest BCUT2D eigenvalue weighted by Crippen LogP contribution is -1.83. The molecule has 0 unspecified atom stereocenters. The fourth-order valence-corrected chi connectivity index (χ4v) is 4.27. The van der Waals surface area contributed by atoms with Crippen LogP contribution >= 0.6 is 0 Å². The van der Waals surface area contributed by atoms with E-state index in [0.29, 0.717) is 0 Å². The van der Waals surface area contributed by atoms with Crippen molar-refractivity contribution < 1.29 is 0 Å². The van der Waals surface area contributed by atoms with Gasteiger partial charge in [0.1, 0.15) is 0 Å². The summed E-state index contributed by atoms with van der Waals surface area (Å²) in [5.41, 5.74) is 0. The van der Waals surface area contributed by atoms with Gasteiger partial charge in [-0.3, -0.25) is 0 Å². The van der Waals surface area contributed by atoms with E-state index in [-0.39, 0.29) is 0 Å². The Balaban J connectivity index is 3.05. The van der Waals surface area contributed by atoms with Crippen molar-refractivity contribution in [3.63, 3.8) is 0 Å². The minimum atomic E-state index is 1.31. The first kappa shape index (κ1) is 28.7. The molecule has 0 radical (unpaired) electrons. The van der Waals surface area contributed by atoms with Gasteiger partial charge in [-0.05, 0) is 25.7 Å². The van der Waals surface area contributed by atoms with Crippen molar-refractivity contribution in [1.29, 1.82) is 0 Å². The lowest BCUT2D eigenvalue weighted by atomic mass is 10.0. The lowest BCUT2D eigenvalue weighted by molar-refractivity contribution is 0.536. The van der Waals surface area contributed by atoms with Crippen molar-refractivity contribution in [1.82, 2.24) is 0 Å². The molecule has 0 saturated carbocycles. The normalized spacial score (nSPS) is 11.7. The molecule has 0 aromatic heterocycles. The van der Waals surface area contributed by atoms with E-state index in [1.807, 2.05) is 0 Å². The third-order valence-corrected chi connectivity index (χ3v) is 6.37. The van der Waals surface area contributed by atoms with Crippen LogP contribution in [0.3, 0.4) is 0 Å². The number of hydrogen-bond donors (Lipinski definition) is 0. The van der Waals surface area contributed by atoms with Gasteiger partial charge in [-0.2, -0.15) is 0 Å². The molecule has 0 amide bonds. The van der Waals surface area contributed by atoms with Crippen LogP contribution in [0.2, 0.25) is 0 Å². The average molecular weight is 407 g/mol. The summed E-state index contributed by atoms with van der Waals surface area (Å²) in [6.07, 6.45) is 40.9. The Hall–Kier alpha value is -0.260. The highest BCUT2D eigenvalue weighted by Gasteiger charge is 1.94. The van der Waals surface area contributed by atoms with Crippen molar-refractivity contribution in [2.45, 2.75) is 174 Å². The summed E-state index contributed by atoms with van der Waals surface area (Å²) in [5.74, 6) is 0. The Kier molecular flexibility index (Phi) is 27.5. The zero-order chi connectivity index (χ0) is 21.1. The molecule has 29 heavy (non-hydrogen) atoms. The summed E-state index contributed by atoms with van der Waals surface area (Å²) in [6.45, 7) is 4.60. The monoisotopic (exact) mass is 406 g/mol. The van der Waals surface area contributed by atoms with Crippen molar-refractivity contribution in [2.75, 3.05) is 0 Å². The van der Waals surface area contributed by atoms with E-state index >= 15 is 0 Å². The highest BCUT2D eigenvalue weighted by atomic mass is 14.0. The van der Waals surface area contributed by atoms with Crippen LogP contribution in [0.1, 0.15) is 174 Å². The van der Waals surface area contributed by atoms with E-state index in [9.17, 15) is 0 Å². The first-order valence-corrected chi connectivity index (χ1v) is 14.1. The largest absolute Gasteiger partial charge is 0.0885 e. The summed E-state index contributed by atoms with van der Waals surface area (Å²) in [6, 6.07) is 0. The summed E-state index contributed by atoms with van der Waals surface area (Å²) >= 11 is 0. The smallest absolute Gasteiger partial charge is 0.0351 e. The van der Waals surface area contributed by atoms with E-state index in [2.05, 4.69) is 26.0 Å². The molecule has 0 fully saturated rings. The second-order valence-electron chi connectivity index (χ2n) is 9.47. The van der Waals surface area contributed by atoms with Gasteiger partial charge in [0.15, 0.2) is 0 Å². The van der Waals surface area contributed by atoms with Gasteiger partial charge in [-0.15, -0.1) is 0 Å². The Morgan fingerprint density at radius 3 is 0.724 bits per heavy atom. The average Bonchev–Trinajstić information content (AvgIpc) is 2.74. The van der Waals surface area contributed by atoms with Crippen molar-refractivity contribution in [3.05, 3.63) is 12.2 Å². The molecule has 0 atom stereocenters. The van der Waals surface area contributed by atoms with Crippen LogP contribution < -0.4 is 0 Å². The Bertz CT molecular complexity index is 290. The fourth-order valence-electron chi connectivity index (χ4n) is 4.27. The number of hydrogen-bond acceptors (Lipinski definition) is 0. The first-order chi connectivity index (χ1) is 14.4. The predicted molar refractivity (Wildman–Crippen MR) is 136 cm³/mol. The molecule has 0 rings (SSSR count). The molecule has 0 nitrogen and oxygen atoms in total. The molecular weight excluding hydrogens is 348 g/mol. The molecule has 0 aromatic rings. The number of allylic oxidation sites excluding steroid dienone is 2. The standard InChI is InChI=1S/C29H58/c1-3-5-7-9-11-13-15-17-19-21-23-25-27-29-28-26-24-22-20-18-16-14-12-10-8-6-4-2/h23,25H,3-22,24,26-29H2,1-2H3. The van der Waals surface area contributed by atoms with Gasteiger partial charge in [-0.1, -0.05) is 161 Å². The Morgan fingerprint density at radius 2 is 0.483 bits per heavy atom. The van der Waals surface area contributed by atoms with E-state index in [0.717, 1.165) is 0 Å². The first-order valence-electron chi connectivity index (χ1n) is 14.1. The third-order valence-electron chi connectivity index (χ3n) is 6.37. The molecule has 0 N–H and O–H groups in total. The van der Waals surface area contributed by atoms with E-state index in [1.54, 1.807) is 0 Å². The zero-order valence-corrected chi connectivity index (χ0v) is 20.8. The van der Waals surface area contributed by atoms with Crippen LogP contribution in [0.4, 0.5) is 0 Å². The highest BCUT2D eigenvalue weighted by molar-refractivity contribution is 4.81. The molecule has 0 bridgehead atoms. The molecule has 0 aliphatic rings. The van der Waals surface area contributed by atoms with E-state index in [4.69, 9.17) is 0 Å². The second kappa shape index (κ2) is 27.7. The topological polar surface area (TPSA) is 0 Å². The maximum Gasteiger partial charge on any atom is -0.0351 e. The zero-order valence-electron chi connectivity index (χ0n) is 20.8. The quantitative estimate of drug-likeness (QED) is 0.104. The van der Waals surface area contributed by atoms with E-state index in [1.165, 1.54) is 161 Å². The summed E-state index contributed by atoms with van der Waals surface area (Å²) in [4.78, 5) is 0. The fraction of sp³-hybridized carbons (Fsp3) is 0.931. The van der Waals surface area contributed by atoms with Gasteiger partial charge in [0, 0.05) is 0 Å². The molecule has 0 aliphatic heterocycles. The van der Waals surface area contributed by atoms with Crippen LogP contribution in [0, 0.1) is 0 Å². The lowest BCUT2D eigenvalue weighted by Gasteiger charge is -2.03. The number of rotatable bonds is 25. The van der Waals surface area contributed by atoms with Crippen LogP contribution in [0.5, 0.6) is 0 Å². The maximum atomic E-state index is 2.45. The van der Waals surface area contributed by atoms with Crippen molar-refractivity contribution >= 4 is 0 Å². The summed E-state index contributed by atoms with van der Waals surface area (Å²) in [5, 5.41) is 0. The highest BCUT2D eigenvalue weighted by Crippen LogP contribution is 2.14. The predicted octanol–water partition coefficient (Wildman–Crippen LogP) is 11.3.